The maximum absolute atomic E-state index is 12.5. The molecule has 1 N–H and O–H groups in total. The van der Waals surface area contributed by atoms with Crippen LogP contribution in [0.25, 0.3) is 0 Å². The van der Waals surface area contributed by atoms with E-state index in [1.54, 1.807) is 29.2 Å². The molecule has 6 nitrogen and oxygen atoms in total. The van der Waals surface area contributed by atoms with Crippen LogP contribution in [0.3, 0.4) is 0 Å². The Bertz CT molecular complexity index is 825. The number of amides is 2. The molecule has 8 heteroatoms. The van der Waals surface area contributed by atoms with Crippen LogP contribution in [0.1, 0.15) is 13.3 Å². The lowest BCUT2D eigenvalue weighted by Gasteiger charge is -2.17. The number of alkyl halides is 2. The summed E-state index contributed by atoms with van der Waals surface area (Å²) in [7, 11) is 0. The zero-order valence-electron chi connectivity index (χ0n) is 15.2. The van der Waals surface area contributed by atoms with Crippen molar-refractivity contribution < 1.29 is 27.8 Å². The van der Waals surface area contributed by atoms with Gasteiger partial charge in [0.1, 0.15) is 11.5 Å². The maximum Gasteiger partial charge on any atom is 0.387 e. The highest BCUT2D eigenvalue weighted by molar-refractivity contribution is 6.03. The molecule has 2 aromatic rings. The maximum atomic E-state index is 12.5. The normalized spacial score (nSPS) is 16.4. The van der Waals surface area contributed by atoms with E-state index in [1.807, 2.05) is 6.92 Å². The smallest absolute Gasteiger partial charge is 0.387 e. The first-order chi connectivity index (χ1) is 13.5. The number of nitrogens with zero attached hydrogens (tertiary/aromatic N) is 1. The Labute approximate surface area is 161 Å². The number of carbonyl (C=O) groups is 2. The Kier molecular flexibility index (Phi) is 6.08. The molecule has 0 unspecified atom stereocenters. The summed E-state index contributed by atoms with van der Waals surface area (Å²) >= 11 is 0. The van der Waals surface area contributed by atoms with Crippen molar-refractivity contribution in [1.82, 2.24) is 0 Å². The van der Waals surface area contributed by atoms with Gasteiger partial charge in [-0.3, -0.25) is 9.59 Å². The molecule has 1 atom stereocenters. The second kappa shape index (κ2) is 8.69. The third kappa shape index (κ3) is 4.76. The number of rotatable bonds is 7. The Balaban J connectivity index is 1.60. The van der Waals surface area contributed by atoms with Gasteiger partial charge in [0.15, 0.2) is 0 Å². The Morgan fingerprint density at radius 3 is 2.39 bits per heavy atom. The van der Waals surface area contributed by atoms with Gasteiger partial charge >= 0.3 is 6.61 Å². The highest BCUT2D eigenvalue weighted by Crippen LogP contribution is 2.28. The van der Waals surface area contributed by atoms with Crippen LogP contribution in [0, 0.1) is 5.92 Å². The number of ether oxygens (including phenoxy) is 2. The first-order valence-corrected chi connectivity index (χ1v) is 8.85. The molecule has 28 heavy (non-hydrogen) atoms. The summed E-state index contributed by atoms with van der Waals surface area (Å²) in [6, 6.07) is 12.7. The van der Waals surface area contributed by atoms with Crippen molar-refractivity contribution in [3.63, 3.8) is 0 Å². The number of carbonyl (C=O) groups excluding carboxylic acids is 2. The standard InChI is InChI=1S/C20H20F2N2O4/c1-2-27-16-9-5-15(6-10-16)24-12-13(11-18(24)25)19(26)23-14-3-7-17(8-4-14)28-20(21)22/h3-10,13,20H,2,11-12H2,1H3,(H,23,26)/t13-/m0/s1. The third-order valence-electron chi connectivity index (χ3n) is 4.30. The number of anilines is 2. The molecule has 1 heterocycles. The Hall–Kier alpha value is -3.16. The Morgan fingerprint density at radius 1 is 1.14 bits per heavy atom. The van der Waals surface area contributed by atoms with Gasteiger partial charge in [0, 0.05) is 24.3 Å². The highest BCUT2D eigenvalue weighted by Gasteiger charge is 2.35. The summed E-state index contributed by atoms with van der Waals surface area (Å²) in [6.07, 6.45) is 0.103. The molecular formula is C20H20F2N2O4. The molecule has 1 aliphatic rings. The second-order valence-electron chi connectivity index (χ2n) is 6.22. The molecule has 0 saturated carbocycles. The van der Waals surface area contributed by atoms with E-state index in [2.05, 4.69) is 10.1 Å². The summed E-state index contributed by atoms with van der Waals surface area (Å²) in [6.45, 7) is -0.191. The number of benzene rings is 2. The van der Waals surface area contributed by atoms with Gasteiger partial charge in [-0.2, -0.15) is 8.78 Å². The fourth-order valence-electron chi connectivity index (χ4n) is 2.99. The molecule has 1 fully saturated rings. The third-order valence-corrected chi connectivity index (χ3v) is 4.30. The first-order valence-electron chi connectivity index (χ1n) is 8.85. The van der Waals surface area contributed by atoms with Crippen LogP contribution in [0.5, 0.6) is 11.5 Å². The largest absolute Gasteiger partial charge is 0.494 e. The monoisotopic (exact) mass is 390 g/mol. The van der Waals surface area contributed by atoms with Crippen molar-refractivity contribution in [1.29, 1.82) is 0 Å². The summed E-state index contributed by atoms with van der Waals surface area (Å²) < 4.78 is 34.0. The lowest BCUT2D eigenvalue weighted by molar-refractivity contribution is -0.122. The lowest BCUT2D eigenvalue weighted by atomic mass is 10.1. The molecule has 3 rings (SSSR count). The zero-order valence-corrected chi connectivity index (χ0v) is 15.2. The average Bonchev–Trinajstić information content (AvgIpc) is 3.06. The molecule has 2 aromatic carbocycles. The molecule has 1 aliphatic heterocycles. The van der Waals surface area contributed by atoms with Crippen LogP contribution < -0.4 is 19.7 Å². The molecule has 0 spiro atoms. The molecule has 0 bridgehead atoms. The summed E-state index contributed by atoms with van der Waals surface area (Å²) in [5.41, 5.74) is 1.15. The van der Waals surface area contributed by atoms with Crippen LogP contribution in [0.2, 0.25) is 0 Å². The van der Waals surface area contributed by atoms with Crippen LogP contribution in [0.4, 0.5) is 20.2 Å². The van der Waals surface area contributed by atoms with E-state index in [0.717, 1.165) is 0 Å². The van der Waals surface area contributed by atoms with Crippen molar-refractivity contribution in [3.05, 3.63) is 48.5 Å². The number of nitrogens with one attached hydrogen (secondary N) is 1. The lowest BCUT2D eigenvalue weighted by Crippen LogP contribution is -2.28. The summed E-state index contributed by atoms with van der Waals surface area (Å²) in [5.74, 6) is -0.220. The van der Waals surface area contributed by atoms with Gasteiger partial charge in [0.25, 0.3) is 0 Å². The van der Waals surface area contributed by atoms with Crippen molar-refractivity contribution in [2.24, 2.45) is 5.92 Å². The van der Waals surface area contributed by atoms with Crippen molar-refractivity contribution in [2.75, 3.05) is 23.4 Å². The fraction of sp³-hybridized carbons (Fsp3) is 0.300. The quantitative estimate of drug-likeness (QED) is 0.783. The van der Waals surface area contributed by atoms with Gasteiger partial charge in [-0.15, -0.1) is 0 Å². The molecular weight excluding hydrogens is 370 g/mol. The summed E-state index contributed by atoms with van der Waals surface area (Å²) in [4.78, 5) is 26.4. The van der Waals surface area contributed by atoms with Crippen LogP contribution >= 0.6 is 0 Å². The van der Waals surface area contributed by atoms with E-state index < -0.39 is 12.5 Å². The average molecular weight is 390 g/mol. The minimum Gasteiger partial charge on any atom is -0.494 e. The SMILES string of the molecule is CCOc1ccc(N2C[C@@H](C(=O)Nc3ccc(OC(F)F)cc3)CC2=O)cc1. The van der Waals surface area contributed by atoms with Gasteiger partial charge in [-0.25, -0.2) is 0 Å². The van der Waals surface area contributed by atoms with Crippen LogP contribution in [-0.4, -0.2) is 31.6 Å². The zero-order chi connectivity index (χ0) is 20.1. The minimum atomic E-state index is -2.90. The highest BCUT2D eigenvalue weighted by atomic mass is 19.3. The predicted molar refractivity (Wildman–Crippen MR) is 99.8 cm³/mol. The van der Waals surface area contributed by atoms with E-state index in [4.69, 9.17) is 4.74 Å². The van der Waals surface area contributed by atoms with Gasteiger partial charge in [0.2, 0.25) is 11.8 Å². The van der Waals surface area contributed by atoms with E-state index in [9.17, 15) is 18.4 Å². The van der Waals surface area contributed by atoms with Crippen LogP contribution in [-0.2, 0) is 9.59 Å². The second-order valence-corrected chi connectivity index (χ2v) is 6.22. The van der Waals surface area contributed by atoms with Crippen LogP contribution in [0.15, 0.2) is 48.5 Å². The minimum absolute atomic E-state index is 0.00529. The molecule has 0 aromatic heterocycles. The number of halogens is 2. The van der Waals surface area contributed by atoms with Crippen molar-refractivity contribution in [2.45, 2.75) is 20.0 Å². The predicted octanol–water partition coefficient (Wildman–Crippen LogP) is 3.68. The van der Waals surface area contributed by atoms with Gasteiger partial charge in [-0.05, 0) is 55.5 Å². The van der Waals surface area contributed by atoms with E-state index in [1.165, 1.54) is 24.3 Å². The fourth-order valence-corrected chi connectivity index (χ4v) is 2.99. The van der Waals surface area contributed by atoms with E-state index in [-0.39, 0.29) is 30.5 Å². The number of hydrogen-bond acceptors (Lipinski definition) is 4. The van der Waals surface area contributed by atoms with E-state index >= 15 is 0 Å². The number of hydrogen-bond donors (Lipinski definition) is 1. The van der Waals surface area contributed by atoms with Gasteiger partial charge < -0.3 is 19.7 Å². The first kappa shape index (κ1) is 19.6. The van der Waals surface area contributed by atoms with Gasteiger partial charge in [0.05, 0.1) is 12.5 Å². The van der Waals surface area contributed by atoms with E-state index in [0.29, 0.717) is 23.7 Å². The van der Waals surface area contributed by atoms with Gasteiger partial charge in [-0.1, -0.05) is 0 Å². The molecule has 1 saturated heterocycles. The molecule has 148 valence electrons. The molecule has 2 amide bonds. The topological polar surface area (TPSA) is 67.9 Å². The molecule has 0 radical (unpaired) electrons. The van der Waals surface area contributed by atoms with Crippen molar-refractivity contribution >= 4 is 23.2 Å². The Morgan fingerprint density at radius 2 is 1.79 bits per heavy atom. The molecule has 0 aliphatic carbocycles. The summed E-state index contributed by atoms with van der Waals surface area (Å²) in [5, 5.41) is 2.70. The van der Waals surface area contributed by atoms with Crippen molar-refractivity contribution in [3.8, 4) is 11.5 Å².